The predicted molar refractivity (Wildman–Crippen MR) is 131 cm³/mol. The Labute approximate surface area is 201 Å². The first-order valence-corrected chi connectivity index (χ1v) is 11.4. The number of rotatable bonds is 7. The number of para-hydroxylation sites is 1. The van der Waals surface area contributed by atoms with Gasteiger partial charge in [0.15, 0.2) is 5.82 Å². The first-order valence-electron chi connectivity index (χ1n) is 10.4. The maximum absolute atomic E-state index is 12.8. The second-order valence-electron chi connectivity index (χ2n) is 7.46. The van der Waals surface area contributed by atoms with Gasteiger partial charge in [-0.15, -0.1) is 10.2 Å². The minimum absolute atomic E-state index is 0.0425. The van der Waals surface area contributed by atoms with Crippen molar-refractivity contribution in [3.05, 3.63) is 71.4 Å². The summed E-state index contributed by atoms with van der Waals surface area (Å²) in [6.45, 7) is 3.79. The minimum Gasteiger partial charge on any atom is -0.497 e. The molecule has 1 amide bonds. The van der Waals surface area contributed by atoms with Crippen molar-refractivity contribution in [1.29, 1.82) is 5.26 Å². The van der Waals surface area contributed by atoms with Gasteiger partial charge in [0.2, 0.25) is 11.1 Å². The topological polar surface area (TPSA) is 124 Å². The van der Waals surface area contributed by atoms with E-state index in [1.807, 2.05) is 73.0 Å². The average molecular weight is 474 g/mol. The van der Waals surface area contributed by atoms with E-state index in [0.717, 1.165) is 40.0 Å². The van der Waals surface area contributed by atoms with Gasteiger partial charge in [-0.05, 0) is 55.8 Å². The quantitative estimate of drug-likeness (QED) is 0.310. The maximum Gasteiger partial charge on any atom is 0.236 e. The third kappa shape index (κ3) is 4.33. The molecule has 0 radical (unpaired) electrons. The lowest BCUT2D eigenvalue weighted by Crippen LogP contribution is -2.19. The summed E-state index contributed by atoms with van der Waals surface area (Å²) in [5, 5.41) is 21.3. The Morgan fingerprint density at radius 3 is 2.50 bits per heavy atom. The lowest BCUT2D eigenvalue weighted by Gasteiger charge is -2.13. The fourth-order valence-corrected chi connectivity index (χ4v) is 4.23. The van der Waals surface area contributed by atoms with Gasteiger partial charge in [0, 0.05) is 16.9 Å². The SMILES string of the molecule is COc1ccc(-c2nnc(SCC(=O)Nc3c(C#N)c(C)c(C)n3-c3ccccc3)n2N)cc1. The monoisotopic (exact) mass is 473 g/mol. The number of nitriles is 1. The van der Waals surface area contributed by atoms with Crippen LogP contribution in [0.4, 0.5) is 5.82 Å². The first kappa shape index (κ1) is 22.9. The Bertz CT molecular complexity index is 1370. The van der Waals surface area contributed by atoms with Gasteiger partial charge >= 0.3 is 0 Å². The molecule has 0 fully saturated rings. The van der Waals surface area contributed by atoms with Gasteiger partial charge in [-0.3, -0.25) is 9.36 Å². The van der Waals surface area contributed by atoms with Crippen LogP contribution in [-0.2, 0) is 4.79 Å². The highest BCUT2D eigenvalue weighted by atomic mass is 32.2. The van der Waals surface area contributed by atoms with Gasteiger partial charge in [0.05, 0.1) is 18.4 Å². The van der Waals surface area contributed by atoms with Gasteiger partial charge < -0.3 is 15.9 Å². The van der Waals surface area contributed by atoms with Crippen LogP contribution < -0.4 is 15.9 Å². The number of nitrogens with one attached hydrogen (secondary N) is 1. The summed E-state index contributed by atoms with van der Waals surface area (Å²) < 4.78 is 8.40. The summed E-state index contributed by atoms with van der Waals surface area (Å²) >= 11 is 1.16. The molecular weight excluding hydrogens is 450 g/mol. The third-order valence-electron chi connectivity index (χ3n) is 5.44. The molecule has 34 heavy (non-hydrogen) atoms. The molecule has 2 heterocycles. The zero-order chi connectivity index (χ0) is 24.2. The van der Waals surface area contributed by atoms with Crippen molar-refractivity contribution in [1.82, 2.24) is 19.4 Å². The molecule has 0 unspecified atom stereocenters. The molecule has 10 heteroatoms. The standard InChI is InChI=1S/C24H23N7O2S/c1-15-16(2)30(18-7-5-4-6-8-18)23(20(15)13-25)27-21(32)14-34-24-29-28-22(31(24)26)17-9-11-19(33-3)12-10-17/h4-12H,14,26H2,1-3H3,(H,27,32). The number of hydrogen-bond acceptors (Lipinski definition) is 7. The number of benzene rings is 2. The summed E-state index contributed by atoms with van der Waals surface area (Å²) in [6, 6.07) is 19.1. The molecule has 4 rings (SSSR count). The highest BCUT2D eigenvalue weighted by molar-refractivity contribution is 7.99. The second-order valence-corrected chi connectivity index (χ2v) is 8.40. The molecule has 3 N–H and O–H groups in total. The van der Waals surface area contributed by atoms with Crippen molar-refractivity contribution in [2.75, 3.05) is 24.0 Å². The van der Waals surface area contributed by atoms with Crippen LogP contribution in [0.5, 0.6) is 5.75 Å². The van der Waals surface area contributed by atoms with Crippen molar-refractivity contribution in [2.24, 2.45) is 0 Å². The fourth-order valence-electron chi connectivity index (χ4n) is 3.57. The largest absolute Gasteiger partial charge is 0.497 e. The van der Waals surface area contributed by atoms with E-state index in [0.29, 0.717) is 22.4 Å². The lowest BCUT2D eigenvalue weighted by atomic mass is 10.2. The fraction of sp³-hybridized carbons (Fsp3) is 0.167. The molecular formula is C24H23N7O2S. The van der Waals surface area contributed by atoms with E-state index in [1.165, 1.54) is 4.68 Å². The molecule has 2 aromatic heterocycles. The van der Waals surface area contributed by atoms with Crippen LogP contribution in [0, 0.1) is 25.2 Å². The number of carbonyl (C=O) groups is 1. The van der Waals surface area contributed by atoms with Crippen LogP contribution in [0.15, 0.2) is 59.8 Å². The summed E-state index contributed by atoms with van der Waals surface area (Å²) in [5.74, 6) is 7.57. The number of carbonyl (C=O) groups excluding carboxylic acids is 1. The number of methoxy groups -OCH3 is 1. The number of amides is 1. The van der Waals surface area contributed by atoms with E-state index in [9.17, 15) is 10.1 Å². The third-order valence-corrected chi connectivity index (χ3v) is 6.39. The Kier molecular flexibility index (Phi) is 6.56. The van der Waals surface area contributed by atoms with E-state index in [1.54, 1.807) is 7.11 Å². The zero-order valence-electron chi connectivity index (χ0n) is 18.9. The molecule has 9 nitrogen and oxygen atoms in total. The number of nitrogens with two attached hydrogens (primary N) is 1. The summed E-state index contributed by atoms with van der Waals surface area (Å²) in [6.07, 6.45) is 0. The van der Waals surface area contributed by atoms with Crippen LogP contribution in [0.1, 0.15) is 16.8 Å². The van der Waals surface area contributed by atoms with Gasteiger partial charge in [0.25, 0.3) is 0 Å². The maximum atomic E-state index is 12.8. The molecule has 0 saturated carbocycles. The van der Waals surface area contributed by atoms with Crippen LogP contribution in [-0.4, -0.2) is 38.2 Å². The summed E-state index contributed by atoms with van der Waals surface area (Å²) in [5.41, 5.74) is 3.77. The number of aromatic nitrogens is 4. The number of ether oxygens (including phenoxy) is 1. The molecule has 0 aliphatic rings. The van der Waals surface area contributed by atoms with E-state index in [4.69, 9.17) is 10.6 Å². The van der Waals surface area contributed by atoms with E-state index >= 15 is 0 Å². The highest BCUT2D eigenvalue weighted by Crippen LogP contribution is 2.30. The molecule has 0 spiro atoms. The summed E-state index contributed by atoms with van der Waals surface area (Å²) in [7, 11) is 1.60. The van der Waals surface area contributed by atoms with E-state index in [-0.39, 0.29) is 11.7 Å². The Morgan fingerprint density at radius 1 is 1.15 bits per heavy atom. The minimum atomic E-state index is -0.287. The smallest absolute Gasteiger partial charge is 0.236 e. The van der Waals surface area contributed by atoms with Crippen molar-refractivity contribution in [3.8, 4) is 28.9 Å². The van der Waals surface area contributed by atoms with Crippen LogP contribution >= 0.6 is 11.8 Å². The Morgan fingerprint density at radius 2 is 1.85 bits per heavy atom. The Hall–Kier alpha value is -4.23. The Balaban J connectivity index is 1.52. The molecule has 4 aromatic rings. The van der Waals surface area contributed by atoms with Crippen LogP contribution in [0.25, 0.3) is 17.1 Å². The van der Waals surface area contributed by atoms with Gasteiger partial charge in [-0.2, -0.15) is 5.26 Å². The average Bonchev–Trinajstić information content (AvgIpc) is 3.34. The van der Waals surface area contributed by atoms with E-state index in [2.05, 4.69) is 21.6 Å². The molecule has 0 atom stereocenters. The molecule has 0 bridgehead atoms. The van der Waals surface area contributed by atoms with Crippen molar-refractivity contribution in [2.45, 2.75) is 19.0 Å². The van der Waals surface area contributed by atoms with Gasteiger partial charge in [-0.25, -0.2) is 4.68 Å². The van der Waals surface area contributed by atoms with Crippen LogP contribution in [0.2, 0.25) is 0 Å². The van der Waals surface area contributed by atoms with Crippen molar-refractivity contribution >= 4 is 23.5 Å². The van der Waals surface area contributed by atoms with Gasteiger partial charge in [0.1, 0.15) is 17.6 Å². The lowest BCUT2D eigenvalue weighted by molar-refractivity contribution is -0.113. The van der Waals surface area contributed by atoms with Crippen molar-refractivity contribution < 1.29 is 9.53 Å². The molecule has 0 saturated heterocycles. The van der Waals surface area contributed by atoms with Crippen molar-refractivity contribution in [3.63, 3.8) is 0 Å². The molecule has 2 aromatic carbocycles. The summed E-state index contributed by atoms with van der Waals surface area (Å²) in [4.78, 5) is 12.8. The molecule has 172 valence electrons. The van der Waals surface area contributed by atoms with Gasteiger partial charge in [-0.1, -0.05) is 30.0 Å². The normalized spacial score (nSPS) is 10.6. The number of nitrogen functional groups attached to an aromatic ring is 1. The number of thioether (sulfide) groups is 1. The first-order chi connectivity index (χ1) is 16.4. The number of nitrogens with zero attached hydrogens (tertiary/aromatic N) is 5. The second kappa shape index (κ2) is 9.72. The van der Waals surface area contributed by atoms with E-state index < -0.39 is 0 Å². The zero-order valence-corrected chi connectivity index (χ0v) is 19.8. The molecule has 0 aliphatic carbocycles. The molecule has 0 aliphatic heterocycles. The van der Waals surface area contributed by atoms with Crippen LogP contribution in [0.3, 0.4) is 0 Å². The highest BCUT2D eigenvalue weighted by Gasteiger charge is 2.21. The predicted octanol–water partition coefficient (Wildman–Crippen LogP) is 3.68. The number of hydrogen-bond donors (Lipinski definition) is 2. The number of anilines is 1.